The van der Waals surface area contributed by atoms with E-state index in [4.69, 9.17) is 9.79 Å². The van der Waals surface area contributed by atoms with Crippen LogP contribution < -0.4 is 5.32 Å². The van der Waals surface area contributed by atoms with E-state index in [0.29, 0.717) is 0 Å². The van der Waals surface area contributed by atoms with Gasteiger partial charge in [0.15, 0.2) is 0 Å². The largest absolute Gasteiger partial charge is 0.344 e. The van der Waals surface area contributed by atoms with Gasteiger partial charge in [-0.25, -0.2) is 0 Å². The van der Waals surface area contributed by atoms with Crippen LogP contribution in [0.1, 0.15) is 13.8 Å². The van der Waals surface area contributed by atoms with Gasteiger partial charge in [0.25, 0.3) is 0 Å². The Balaban J connectivity index is 4.34. The Labute approximate surface area is 54.4 Å². The highest BCUT2D eigenvalue weighted by Crippen LogP contribution is 2.47. The number of nitrogens with one attached hydrogen (secondary N) is 1. The maximum atomic E-state index is 10.5. The van der Waals surface area contributed by atoms with Gasteiger partial charge in [0.2, 0.25) is 0 Å². The lowest BCUT2D eigenvalue weighted by Gasteiger charge is -2.24. The Morgan fingerprint density at radius 3 is 1.78 bits per heavy atom. The molecule has 0 radical (unpaired) electrons. The predicted octanol–water partition coefficient (Wildman–Crippen LogP) is 0.120. The lowest BCUT2D eigenvalue weighted by Crippen LogP contribution is -2.35. The summed E-state index contributed by atoms with van der Waals surface area (Å²) in [5, 5.41) is 1.41. The third kappa shape index (κ3) is 2.06. The molecule has 0 saturated carbocycles. The summed E-state index contributed by atoms with van der Waals surface area (Å²) in [7, 11) is -2.47. The molecular formula is C4H12NO3P. The standard InChI is InChI=1S/C4H12NO3P/c1-4(2,5-3)9(6,7)8/h5H,1-3H3,(H2,6,7,8). The summed E-state index contributed by atoms with van der Waals surface area (Å²) in [6.07, 6.45) is 0. The van der Waals surface area contributed by atoms with Crippen molar-refractivity contribution in [3.8, 4) is 0 Å². The van der Waals surface area contributed by atoms with Crippen LogP contribution in [0.5, 0.6) is 0 Å². The molecule has 3 N–H and O–H groups in total. The summed E-state index contributed by atoms with van der Waals surface area (Å²) in [4.78, 5) is 17.2. The highest BCUT2D eigenvalue weighted by Gasteiger charge is 2.35. The van der Waals surface area contributed by atoms with Crippen LogP contribution >= 0.6 is 7.60 Å². The minimum absolute atomic E-state index is 1.10. The fraction of sp³-hybridized carbons (Fsp3) is 1.00. The minimum Gasteiger partial charge on any atom is -0.323 e. The molecule has 0 aromatic carbocycles. The molecule has 0 rings (SSSR count). The van der Waals surface area contributed by atoms with Crippen molar-refractivity contribution >= 4 is 7.60 Å². The van der Waals surface area contributed by atoms with E-state index in [1.807, 2.05) is 0 Å². The Kier molecular flexibility index (Phi) is 2.41. The average Bonchev–Trinajstić information content (AvgIpc) is 1.64. The molecule has 0 spiro atoms. The lowest BCUT2D eigenvalue weighted by atomic mass is 10.4. The number of hydrogen-bond acceptors (Lipinski definition) is 2. The molecule has 0 aliphatic carbocycles. The van der Waals surface area contributed by atoms with Crippen molar-refractivity contribution in [1.29, 1.82) is 0 Å². The zero-order valence-electron chi connectivity index (χ0n) is 5.75. The summed E-state index contributed by atoms with van der Waals surface area (Å²) < 4.78 is 10.5. The van der Waals surface area contributed by atoms with Gasteiger partial charge < -0.3 is 15.1 Å². The van der Waals surface area contributed by atoms with Gasteiger partial charge in [0.1, 0.15) is 5.28 Å². The van der Waals surface area contributed by atoms with Crippen LogP contribution in [0, 0.1) is 0 Å². The van der Waals surface area contributed by atoms with Crippen molar-refractivity contribution in [3.05, 3.63) is 0 Å². The second kappa shape index (κ2) is 2.39. The smallest absolute Gasteiger partial charge is 0.323 e. The molecule has 0 bridgehead atoms. The Morgan fingerprint density at radius 2 is 1.78 bits per heavy atom. The SMILES string of the molecule is CNC(C)(C)P(=O)(O)O. The van der Waals surface area contributed by atoms with E-state index >= 15 is 0 Å². The maximum absolute atomic E-state index is 10.5. The molecule has 0 aromatic rings. The fourth-order valence-corrected chi connectivity index (χ4v) is 0.437. The molecule has 0 atom stereocenters. The summed E-state index contributed by atoms with van der Waals surface area (Å²) in [6, 6.07) is 0. The molecular weight excluding hydrogens is 141 g/mol. The van der Waals surface area contributed by atoms with Crippen LogP contribution in [0.4, 0.5) is 0 Å². The molecule has 0 heterocycles. The number of rotatable bonds is 2. The molecule has 4 nitrogen and oxygen atoms in total. The first-order valence-electron chi connectivity index (χ1n) is 2.56. The van der Waals surface area contributed by atoms with Crippen molar-refractivity contribution in [1.82, 2.24) is 5.32 Å². The summed E-state index contributed by atoms with van der Waals surface area (Å²) in [6.45, 7) is 2.90. The normalized spacial score (nSPS) is 13.9. The monoisotopic (exact) mass is 153 g/mol. The van der Waals surface area contributed by atoms with Crippen LogP contribution in [-0.2, 0) is 4.57 Å². The third-order valence-electron chi connectivity index (χ3n) is 1.34. The Hall–Kier alpha value is 0.110. The first-order valence-corrected chi connectivity index (χ1v) is 4.17. The molecule has 0 amide bonds. The highest BCUT2D eigenvalue weighted by molar-refractivity contribution is 7.53. The second-order valence-corrected chi connectivity index (χ2v) is 4.56. The molecule has 0 unspecified atom stereocenters. The van der Waals surface area contributed by atoms with Crippen molar-refractivity contribution in [2.75, 3.05) is 7.05 Å². The minimum atomic E-state index is -3.98. The molecule has 0 aliphatic rings. The van der Waals surface area contributed by atoms with E-state index in [2.05, 4.69) is 5.32 Å². The van der Waals surface area contributed by atoms with Crippen molar-refractivity contribution in [2.45, 2.75) is 19.1 Å². The molecule has 56 valence electrons. The molecule has 0 aromatic heterocycles. The van der Waals surface area contributed by atoms with Gasteiger partial charge in [-0.05, 0) is 20.9 Å². The zero-order chi connectivity index (χ0) is 7.71. The summed E-state index contributed by atoms with van der Waals surface area (Å²) in [5.74, 6) is 0. The van der Waals surface area contributed by atoms with E-state index in [9.17, 15) is 4.57 Å². The Morgan fingerprint density at radius 1 is 1.44 bits per heavy atom. The topological polar surface area (TPSA) is 69.6 Å². The van der Waals surface area contributed by atoms with Gasteiger partial charge in [0, 0.05) is 0 Å². The van der Waals surface area contributed by atoms with Crippen LogP contribution in [0.25, 0.3) is 0 Å². The van der Waals surface area contributed by atoms with Gasteiger partial charge in [-0.1, -0.05) is 0 Å². The summed E-state index contributed by atoms with van der Waals surface area (Å²) in [5.41, 5.74) is 0. The molecule has 0 saturated heterocycles. The van der Waals surface area contributed by atoms with Crippen molar-refractivity contribution in [2.24, 2.45) is 0 Å². The first-order chi connectivity index (χ1) is 3.81. The van der Waals surface area contributed by atoms with E-state index in [0.717, 1.165) is 0 Å². The van der Waals surface area contributed by atoms with Gasteiger partial charge >= 0.3 is 7.60 Å². The van der Waals surface area contributed by atoms with E-state index in [-0.39, 0.29) is 0 Å². The summed E-state index contributed by atoms with van der Waals surface area (Å²) >= 11 is 0. The Bertz CT molecular complexity index is 139. The van der Waals surface area contributed by atoms with Gasteiger partial charge in [-0.3, -0.25) is 4.57 Å². The zero-order valence-corrected chi connectivity index (χ0v) is 6.64. The quantitative estimate of drug-likeness (QED) is 0.493. The van der Waals surface area contributed by atoms with Crippen LogP contribution in [0.2, 0.25) is 0 Å². The number of hydrogen-bond donors (Lipinski definition) is 3. The van der Waals surface area contributed by atoms with E-state index in [1.165, 1.54) is 20.9 Å². The van der Waals surface area contributed by atoms with E-state index in [1.54, 1.807) is 0 Å². The third-order valence-corrected chi connectivity index (χ3v) is 3.02. The van der Waals surface area contributed by atoms with Gasteiger partial charge in [-0.2, -0.15) is 0 Å². The van der Waals surface area contributed by atoms with E-state index < -0.39 is 12.9 Å². The molecule has 5 heteroatoms. The van der Waals surface area contributed by atoms with Gasteiger partial charge in [-0.15, -0.1) is 0 Å². The van der Waals surface area contributed by atoms with Crippen molar-refractivity contribution < 1.29 is 14.4 Å². The first kappa shape index (κ1) is 9.11. The average molecular weight is 153 g/mol. The predicted molar refractivity (Wildman–Crippen MR) is 35.2 cm³/mol. The molecule has 0 fully saturated rings. The highest BCUT2D eigenvalue weighted by atomic mass is 31.2. The second-order valence-electron chi connectivity index (χ2n) is 2.35. The van der Waals surface area contributed by atoms with Crippen molar-refractivity contribution in [3.63, 3.8) is 0 Å². The molecule has 9 heavy (non-hydrogen) atoms. The lowest BCUT2D eigenvalue weighted by molar-refractivity contribution is 0.323. The molecule has 0 aliphatic heterocycles. The van der Waals surface area contributed by atoms with Gasteiger partial charge in [0.05, 0.1) is 0 Å². The van der Waals surface area contributed by atoms with Crippen LogP contribution in [0.15, 0.2) is 0 Å². The fourth-order valence-electron chi connectivity index (χ4n) is 0.146. The maximum Gasteiger partial charge on any atom is 0.344 e. The van der Waals surface area contributed by atoms with Crippen LogP contribution in [-0.4, -0.2) is 22.1 Å². The van der Waals surface area contributed by atoms with Crippen LogP contribution in [0.3, 0.4) is 0 Å².